The van der Waals surface area contributed by atoms with Gasteiger partial charge in [0.1, 0.15) is 16.7 Å². The smallest absolute Gasteiger partial charge is 0.411 e. The van der Waals surface area contributed by atoms with Crippen LogP contribution in [0.3, 0.4) is 0 Å². The number of fused-ring (bicyclic) bond motifs is 3. The van der Waals surface area contributed by atoms with Crippen molar-refractivity contribution >= 4 is 39.0 Å². The Bertz CT molecular complexity index is 1050. The highest BCUT2D eigenvalue weighted by Gasteiger charge is 2.55. The van der Waals surface area contributed by atoms with Gasteiger partial charge in [-0.05, 0) is 61.2 Å². The summed E-state index contributed by atoms with van der Waals surface area (Å²) < 4.78 is 35.3. The molecule has 2 aliphatic rings. The SMILES string of the molecule is C=Cc1cc2c(C34CCC(CNC3)N4C(=O)OC(C)(C)C)nc(F)nc2c(F)c1Br. The number of nitrogens with one attached hydrogen (secondary N) is 1. The van der Waals surface area contributed by atoms with Crippen LogP contribution < -0.4 is 5.32 Å². The molecule has 1 N–H and O–H groups in total. The van der Waals surface area contributed by atoms with Gasteiger partial charge in [-0.3, -0.25) is 4.90 Å². The summed E-state index contributed by atoms with van der Waals surface area (Å²) in [5.41, 5.74) is -1.02. The van der Waals surface area contributed by atoms with Gasteiger partial charge in [0.05, 0.1) is 10.2 Å². The molecule has 1 aromatic carbocycles. The van der Waals surface area contributed by atoms with E-state index in [0.29, 0.717) is 36.9 Å². The van der Waals surface area contributed by atoms with E-state index < -0.39 is 29.1 Å². The first-order valence-corrected chi connectivity index (χ1v) is 10.6. The van der Waals surface area contributed by atoms with Gasteiger partial charge in [-0.25, -0.2) is 14.2 Å². The summed E-state index contributed by atoms with van der Waals surface area (Å²) in [6, 6.07) is 1.55. The normalized spacial score (nSPS) is 23.7. The number of hydrogen-bond acceptors (Lipinski definition) is 5. The molecule has 0 radical (unpaired) electrons. The van der Waals surface area contributed by atoms with Crippen LogP contribution in [0.5, 0.6) is 0 Å². The minimum Gasteiger partial charge on any atom is -0.444 e. The fraction of sp³-hybridized carbons (Fsp3) is 0.476. The Kier molecular flexibility index (Phi) is 5.09. The van der Waals surface area contributed by atoms with Crippen LogP contribution in [0.1, 0.15) is 44.9 Å². The maximum Gasteiger partial charge on any atom is 0.411 e. The third kappa shape index (κ3) is 3.28. The zero-order chi connectivity index (χ0) is 21.8. The van der Waals surface area contributed by atoms with E-state index in [9.17, 15) is 9.18 Å². The molecule has 2 saturated heterocycles. The van der Waals surface area contributed by atoms with E-state index in [4.69, 9.17) is 4.74 Å². The molecule has 160 valence electrons. The molecule has 6 nitrogen and oxygen atoms in total. The minimum atomic E-state index is -1.04. The van der Waals surface area contributed by atoms with Crippen LogP contribution in [0.15, 0.2) is 17.1 Å². The summed E-state index contributed by atoms with van der Waals surface area (Å²) in [7, 11) is 0. The number of aromatic nitrogens is 2. The number of ether oxygens (including phenoxy) is 1. The van der Waals surface area contributed by atoms with Crippen molar-refractivity contribution in [1.29, 1.82) is 0 Å². The van der Waals surface area contributed by atoms with Crippen LogP contribution >= 0.6 is 15.9 Å². The topological polar surface area (TPSA) is 67.4 Å². The lowest BCUT2D eigenvalue weighted by Crippen LogP contribution is -2.61. The lowest BCUT2D eigenvalue weighted by atomic mass is 9.88. The molecule has 4 rings (SSSR count). The van der Waals surface area contributed by atoms with Gasteiger partial charge in [0.25, 0.3) is 0 Å². The first-order chi connectivity index (χ1) is 14.1. The second-order valence-electron chi connectivity index (χ2n) is 8.74. The highest BCUT2D eigenvalue weighted by molar-refractivity contribution is 9.10. The van der Waals surface area contributed by atoms with Crippen molar-refractivity contribution in [2.24, 2.45) is 0 Å². The Morgan fingerprint density at radius 1 is 1.43 bits per heavy atom. The van der Waals surface area contributed by atoms with Crippen molar-refractivity contribution < 1.29 is 18.3 Å². The number of piperazine rings is 1. The summed E-state index contributed by atoms with van der Waals surface area (Å²) in [5, 5.41) is 3.67. The fourth-order valence-electron chi connectivity index (χ4n) is 4.47. The van der Waals surface area contributed by atoms with E-state index in [1.54, 1.807) is 31.7 Å². The molecule has 2 atom stereocenters. The second kappa shape index (κ2) is 7.23. The molecular weight excluding hydrogens is 458 g/mol. The standard InChI is InChI=1S/C21H23BrF2N4O2/c1-5-11-8-13-16(15(23)14(11)22)26-18(24)27-17(13)21-7-6-12(9-25-10-21)28(21)19(29)30-20(2,3)4/h5,8,12,25H,1,6-7,9-10H2,2-4H3. The summed E-state index contributed by atoms with van der Waals surface area (Å²) in [4.78, 5) is 22.6. The number of benzene rings is 1. The summed E-state index contributed by atoms with van der Waals surface area (Å²) in [5.74, 6) is -0.691. The molecule has 2 fully saturated rings. The Hall–Kier alpha value is -2.13. The largest absolute Gasteiger partial charge is 0.444 e. The summed E-state index contributed by atoms with van der Waals surface area (Å²) >= 11 is 3.19. The van der Waals surface area contributed by atoms with Gasteiger partial charge in [0.2, 0.25) is 0 Å². The predicted molar refractivity (Wildman–Crippen MR) is 113 cm³/mol. The van der Waals surface area contributed by atoms with Crippen molar-refractivity contribution in [3.8, 4) is 0 Å². The van der Waals surface area contributed by atoms with Crippen LogP contribution in [0.25, 0.3) is 17.0 Å². The molecule has 2 aliphatic heterocycles. The molecular formula is C21H23BrF2N4O2. The maximum absolute atomic E-state index is 15.0. The lowest BCUT2D eigenvalue weighted by Gasteiger charge is -2.45. The number of halogens is 3. The van der Waals surface area contributed by atoms with Gasteiger partial charge < -0.3 is 10.1 Å². The van der Waals surface area contributed by atoms with Gasteiger partial charge >= 0.3 is 12.2 Å². The molecule has 2 bridgehead atoms. The van der Waals surface area contributed by atoms with E-state index in [2.05, 4.69) is 37.8 Å². The van der Waals surface area contributed by atoms with E-state index in [-0.39, 0.29) is 21.7 Å². The zero-order valence-electron chi connectivity index (χ0n) is 17.1. The van der Waals surface area contributed by atoms with Crippen molar-refractivity contribution in [1.82, 2.24) is 20.2 Å². The van der Waals surface area contributed by atoms with Crippen molar-refractivity contribution in [3.05, 3.63) is 40.3 Å². The predicted octanol–water partition coefficient (Wildman–Crippen LogP) is 4.51. The molecule has 30 heavy (non-hydrogen) atoms. The number of rotatable bonds is 2. The first-order valence-electron chi connectivity index (χ1n) is 9.78. The second-order valence-corrected chi connectivity index (χ2v) is 9.53. The highest BCUT2D eigenvalue weighted by Crippen LogP contribution is 2.46. The monoisotopic (exact) mass is 480 g/mol. The molecule has 0 aliphatic carbocycles. The van der Waals surface area contributed by atoms with E-state index in [1.165, 1.54) is 6.08 Å². The average molecular weight is 481 g/mol. The third-order valence-electron chi connectivity index (χ3n) is 5.64. The van der Waals surface area contributed by atoms with Gasteiger partial charge in [-0.2, -0.15) is 9.37 Å². The van der Waals surface area contributed by atoms with Crippen LogP contribution in [-0.2, 0) is 10.3 Å². The van der Waals surface area contributed by atoms with Crippen LogP contribution in [0.2, 0.25) is 0 Å². The number of hydrogen-bond donors (Lipinski definition) is 1. The molecule has 0 saturated carbocycles. The average Bonchev–Trinajstić information content (AvgIpc) is 2.90. The fourth-order valence-corrected chi connectivity index (χ4v) is 4.93. The van der Waals surface area contributed by atoms with Crippen LogP contribution in [0, 0.1) is 11.9 Å². The van der Waals surface area contributed by atoms with Gasteiger partial charge in [0, 0.05) is 24.5 Å². The van der Waals surface area contributed by atoms with E-state index in [0.717, 1.165) is 0 Å². The lowest BCUT2D eigenvalue weighted by molar-refractivity contribution is -0.0123. The molecule has 2 aromatic rings. The Morgan fingerprint density at radius 2 is 2.17 bits per heavy atom. The number of nitrogens with zero attached hydrogens (tertiary/aromatic N) is 3. The van der Waals surface area contributed by atoms with Gasteiger partial charge in [0.15, 0.2) is 5.82 Å². The van der Waals surface area contributed by atoms with E-state index in [1.807, 2.05) is 0 Å². The highest BCUT2D eigenvalue weighted by atomic mass is 79.9. The Morgan fingerprint density at radius 3 is 2.83 bits per heavy atom. The van der Waals surface area contributed by atoms with Gasteiger partial charge in [-0.15, -0.1) is 0 Å². The van der Waals surface area contributed by atoms with Crippen LogP contribution in [-0.4, -0.2) is 45.7 Å². The number of carbonyl (C=O) groups is 1. The van der Waals surface area contributed by atoms with Crippen molar-refractivity contribution in [3.63, 3.8) is 0 Å². The first kappa shape index (κ1) is 21.1. The van der Waals surface area contributed by atoms with E-state index >= 15 is 4.39 Å². The maximum atomic E-state index is 15.0. The van der Waals surface area contributed by atoms with Crippen molar-refractivity contribution in [2.45, 2.75) is 50.8 Å². The number of carbonyl (C=O) groups excluding carboxylic acids is 1. The molecule has 1 amide bonds. The minimum absolute atomic E-state index is 0.124. The Balaban J connectivity index is 1.96. The van der Waals surface area contributed by atoms with Crippen molar-refractivity contribution in [2.75, 3.05) is 13.1 Å². The molecule has 1 aromatic heterocycles. The summed E-state index contributed by atoms with van der Waals surface area (Å²) in [6.45, 7) is 10.1. The zero-order valence-corrected chi connectivity index (χ0v) is 18.6. The molecule has 9 heteroatoms. The van der Waals surface area contributed by atoms with Gasteiger partial charge in [-0.1, -0.05) is 12.7 Å². The Labute approximate surface area is 181 Å². The number of amides is 1. The molecule has 2 unspecified atom stereocenters. The summed E-state index contributed by atoms with van der Waals surface area (Å²) in [6.07, 6.45) is 1.23. The van der Waals surface area contributed by atoms with Crippen LogP contribution in [0.4, 0.5) is 13.6 Å². The quantitative estimate of drug-likeness (QED) is 0.640. The molecule has 0 spiro atoms. The molecule has 3 heterocycles. The third-order valence-corrected chi connectivity index (χ3v) is 6.44.